The molecule has 20 heavy (non-hydrogen) atoms. The van der Waals surface area contributed by atoms with Crippen LogP contribution in [0, 0.1) is 9.39 Å². The van der Waals surface area contributed by atoms with Crippen molar-refractivity contribution >= 4 is 28.6 Å². The van der Waals surface area contributed by atoms with Crippen molar-refractivity contribution in [3.05, 3.63) is 45.2 Å². The minimum Gasteiger partial charge on any atom is -0.478 e. The van der Waals surface area contributed by atoms with Gasteiger partial charge in [-0.3, -0.25) is 0 Å². The first-order valence-electron chi connectivity index (χ1n) is 5.73. The number of carboxylic acids is 1. The highest BCUT2D eigenvalue weighted by Gasteiger charge is 2.17. The van der Waals surface area contributed by atoms with E-state index in [4.69, 9.17) is 9.84 Å². The third-order valence-corrected chi connectivity index (χ3v) is 3.21. The van der Waals surface area contributed by atoms with Crippen molar-refractivity contribution in [2.45, 2.75) is 13.3 Å². The van der Waals surface area contributed by atoms with E-state index in [-0.39, 0.29) is 22.9 Å². The zero-order valence-corrected chi connectivity index (χ0v) is 12.6. The summed E-state index contributed by atoms with van der Waals surface area (Å²) in [6.07, 6.45) is 1.58. The van der Waals surface area contributed by atoms with Gasteiger partial charge in [0.1, 0.15) is 17.6 Å². The second-order valence-electron chi connectivity index (χ2n) is 3.84. The Labute approximate surface area is 128 Å². The molecule has 0 atom stereocenters. The molecule has 1 N–H and O–H groups in total. The summed E-state index contributed by atoms with van der Waals surface area (Å²) < 4.78 is 20.0. The first-order chi connectivity index (χ1) is 9.52. The minimum atomic E-state index is -1.15. The molecule has 2 aromatic rings. The molecular formula is C13H10FIN2O3. The number of ether oxygens (including phenoxy) is 1. The van der Waals surface area contributed by atoms with Gasteiger partial charge < -0.3 is 9.84 Å². The molecule has 0 unspecified atom stereocenters. The summed E-state index contributed by atoms with van der Waals surface area (Å²) in [5.41, 5.74) is 0.172. The Kier molecular flexibility index (Phi) is 4.48. The highest BCUT2D eigenvalue weighted by atomic mass is 127. The normalized spacial score (nSPS) is 10.3. The Bertz CT molecular complexity index is 664. The summed E-state index contributed by atoms with van der Waals surface area (Å²) in [5, 5.41) is 9.13. The molecule has 0 bridgehead atoms. The monoisotopic (exact) mass is 388 g/mol. The summed E-state index contributed by atoms with van der Waals surface area (Å²) >= 11 is 1.99. The van der Waals surface area contributed by atoms with E-state index < -0.39 is 11.8 Å². The van der Waals surface area contributed by atoms with E-state index >= 15 is 0 Å². The highest BCUT2D eigenvalue weighted by Crippen LogP contribution is 2.28. The van der Waals surface area contributed by atoms with E-state index in [1.807, 2.05) is 22.6 Å². The molecule has 0 fully saturated rings. The highest BCUT2D eigenvalue weighted by molar-refractivity contribution is 14.1. The van der Waals surface area contributed by atoms with Gasteiger partial charge in [0.05, 0.1) is 5.69 Å². The molecule has 1 aromatic carbocycles. The lowest BCUT2D eigenvalue weighted by molar-refractivity contribution is 0.0694. The van der Waals surface area contributed by atoms with E-state index in [1.165, 1.54) is 18.5 Å². The van der Waals surface area contributed by atoms with Crippen LogP contribution in [0.1, 0.15) is 23.0 Å². The predicted octanol–water partition coefficient (Wildman–Crippen LogP) is 3.27. The standard InChI is InChI=1S/C13H10FIN2O3/c1-2-9-11(14)12(17-6-16-9)20-10-4-3-7(15)5-8(10)13(18)19/h3-6H,2H2,1H3,(H,18,19). The SMILES string of the molecule is CCc1ncnc(Oc2ccc(I)cc2C(=O)O)c1F. The van der Waals surface area contributed by atoms with Gasteiger partial charge in [-0.05, 0) is 47.2 Å². The quantitative estimate of drug-likeness (QED) is 0.815. The zero-order chi connectivity index (χ0) is 14.7. The topological polar surface area (TPSA) is 72.3 Å². The molecule has 0 aliphatic carbocycles. The molecule has 0 saturated carbocycles. The van der Waals surface area contributed by atoms with E-state index in [0.717, 1.165) is 3.57 Å². The number of rotatable bonds is 4. The number of aromatic carboxylic acids is 1. The maximum Gasteiger partial charge on any atom is 0.339 e. The number of halogens is 2. The summed E-state index contributed by atoms with van der Waals surface area (Å²) in [6.45, 7) is 1.75. The van der Waals surface area contributed by atoms with E-state index in [9.17, 15) is 9.18 Å². The fourth-order valence-electron chi connectivity index (χ4n) is 1.57. The number of carboxylic acid groups (broad SMARTS) is 1. The molecule has 5 nitrogen and oxygen atoms in total. The number of carbonyl (C=O) groups is 1. The first-order valence-corrected chi connectivity index (χ1v) is 6.80. The Hall–Kier alpha value is -1.77. The third kappa shape index (κ3) is 3.03. The Morgan fingerprint density at radius 2 is 2.20 bits per heavy atom. The Balaban J connectivity index is 2.42. The van der Waals surface area contributed by atoms with Crippen LogP contribution in [-0.2, 0) is 6.42 Å². The molecule has 0 spiro atoms. The fraction of sp³-hybridized carbons (Fsp3) is 0.154. The second kappa shape index (κ2) is 6.12. The van der Waals surface area contributed by atoms with Gasteiger partial charge in [-0.25, -0.2) is 9.78 Å². The molecule has 7 heteroatoms. The molecule has 0 amide bonds. The summed E-state index contributed by atoms with van der Waals surface area (Å²) in [6, 6.07) is 4.58. The first kappa shape index (κ1) is 14.6. The van der Waals surface area contributed by atoms with Crippen LogP contribution in [0.3, 0.4) is 0 Å². The smallest absolute Gasteiger partial charge is 0.339 e. The van der Waals surface area contributed by atoms with E-state index in [1.54, 1.807) is 13.0 Å². The maximum atomic E-state index is 14.0. The number of benzene rings is 1. The van der Waals surface area contributed by atoms with Crippen molar-refractivity contribution in [1.82, 2.24) is 9.97 Å². The minimum absolute atomic E-state index is 0.0394. The van der Waals surface area contributed by atoms with Gasteiger partial charge in [0.25, 0.3) is 5.88 Å². The van der Waals surface area contributed by atoms with Crippen LogP contribution in [0.2, 0.25) is 0 Å². The Morgan fingerprint density at radius 3 is 2.85 bits per heavy atom. The van der Waals surface area contributed by atoms with Crippen LogP contribution in [0.4, 0.5) is 4.39 Å². The van der Waals surface area contributed by atoms with Crippen molar-refractivity contribution < 1.29 is 19.0 Å². The van der Waals surface area contributed by atoms with E-state index in [0.29, 0.717) is 6.42 Å². The lowest BCUT2D eigenvalue weighted by Gasteiger charge is -2.09. The van der Waals surface area contributed by atoms with Crippen LogP contribution in [0.5, 0.6) is 11.6 Å². The zero-order valence-electron chi connectivity index (χ0n) is 10.4. The van der Waals surface area contributed by atoms with Crippen molar-refractivity contribution in [1.29, 1.82) is 0 Å². The van der Waals surface area contributed by atoms with E-state index in [2.05, 4.69) is 9.97 Å². The molecule has 0 aliphatic rings. The average Bonchev–Trinajstić information content (AvgIpc) is 2.42. The van der Waals surface area contributed by atoms with Gasteiger partial charge in [-0.15, -0.1) is 0 Å². The molecule has 0 aliphatic heterocycles. The lowest BCUT2D eigenvalue weighted by Crippen LogP contribution is -2.04. The number of hydrogen-bond acceptors (Lipinski definition) is 4. The van der Waals surface area contributed by atoms with Crippen LogP contribution in [-0.4, -0.2) is 21.0 Å². The van der Waals surface area contributed by atoms with Crippen molar-refractivity contribution in [2.24, 2.45) is 0 Å². The third-order valence-electron chi connectivity index (χ3n) is 2.54. The molecule has 0 radical (unpaired) electrons. The predicted molar refractivity (Wildman–Crippen MR) is 77.6 cm³/mol. The number of aromatic nitrogens is 2. The fourth-order valence-corrected chi connectivity index (χ4v) is 2.06. The molecule has 2 rings (SSSR count). The van der Waals surface area contributed by atoms with Crippen molar-refractivity contribution in [3.8, 4) is 11.6 Å². The van der Waals surface area contributed by atoms with Gasteiger partial charge >= 0.3 is 5.97 Å². The maximum absolute atomic E-state index is 14.0. The molecule has 104 valence electrons. The van der Waals surface area contributed by atoms with Crippen LogP contribution in [0.15, 0.2) is 24.5 Å². The van der Waals surface area contributed by atoms with Gasteiger partial charge in [0.2, 0.25) is 5.82 Å². The van der Waals surface area contributed by atoms with Crippen LogP contribution >= 0.6 is 22.6 Å². The van der Waals surface area contributed by atoms with Crippen molar-refractivity contribution in [2.75, 3.05) is 0 Å². The number of nitrogens with zero attached hydrogens (tertiary/aromatic N) is 2. The summed E-state index contributed by atoms with van der Waals surface area (Å²) in [5.74, 6) is -2.06. The van der Waals surface area contributed by atoms with Gasteiger partial charge in [0.15, 0.2) is 0 Å². The molecule has 1 heterocycles. The number of aryl methyl sites for hydroxylation is 1. The second-order valence-corrected chi connectivity index (χ2v) is 5.09. The van der Waals surface area contributed by atoms with Gasteiger partial charge in [-0.1, -0.05) is 6.92 Å². The summed E-state index contributed by atoms with van der Waals surface area (Å²) in [7, 11) is 0. The lowest BCUT2D eigenvalue weighted by atomic mass is 10.2. The number of hydrogen-bond donors (Lipinski definition) is 1. The Morgan fingerprint density at radius 1 is 1.45 bits per heavy atom. The summed E-state index contributed by atoms with van der Waals surface area (Å²) in [4.78, 5) is 18.7. The molecule has 0 saturated heterocycles. The largest absolute Gasteiger partial charge is 0.478 e. The molecular weight excluding hydrogens is 378 g/mol. The van der Waals surface area contributed by atoms with Gasteiger partial charge in [0, 0.05) is 3.57 Å². The van der Waals surface area contributed by atoms with Crippen LogP contribution < -0.4 is 4.74 Å². The van der Waals surface area contributed by atoms with Gasteiger partial charge in [-0.2, -0.15) is 9.37 Å². The van der Waals surface area contributed by atoms with Crippen LogP contribution in [0.25, 0.3) is 0 Å². The molecule has 1 aromatic heterocycles. The van der Waals surface area contributed by atoms with Crippen molar-refractivity contribution in [3.63, 3.8) is 0 Å². The average molecular weight is 388 g/mol.